The van der Waals surface area contributed by atoms with E-state index in [0.717, 1.165) is 16.9 Å². The Kier molecular flexibility index (Phi) is 7.00. The first-order valence-corrected chi connectivity index (χ1v) is 12.4. The Morgan fingerprint density at radius 3 is 1.94 bits per heavy atom. The molecule has 1 aromatic heterocycles. The number of benzene rings is 2. The molecule has 1 atom stereocenters. The second-order valence-electron chi connectivity index (χ2n) is 8.90. The van der Waals surface area contributed by atoms with Crippen LogP contribution >= 0.6 is 11.3 Å². The molecule has 36 heavy (non-hydrogen) atoms. The largest absolute Gasteiger partial charge is 0.491 e. The molecule has 0 spiro atoms. The summed E-state index contributed by atoms with van der Waals surface area (Å²) >= 11 is 1.19. The molecule has 0 radical (unpaired) electrons. The number of hydrogen-bond donors (Lipinski definition) is 1. The Hall–Kier alpha value is -4.27. The maximum atomic E-state index is 13.3. The van der Waals surface area contributed by atoms with Crippen LogP contribution in [-0.4, -0.2) is 16.8 Å². The Morgan fingerprint density at radius 1 is 0.917 bits per heavy atom. The number of aromatic nitrogens is 1. The van der Waals surface area contributed by atoms with Crippen molar-refractivity contribution in [3.8, 4) is 23.6 Å². The molecule has 1 unspecified atom stereocenters. The molecule has 7 nitrogen and oxygen atoms in total. The van der Waals surface area contributed by atoms with Crippen LogP contribution in [0.1, 0.15) is 44.7 Å². The maximum Gasteiger partial charge on any atom is 0.274 e. The lowest BCUT2D eigenvalue weighted by atomic mass is 9.84. The lowest BCUT2D eigenvalue weighted by Gasteiger charge is -2.22. The molecule has 0 saturated heterocycles. The number of nitrogens with zero attached hydrogens (tertiary/aromatic N) is 3. The quantitative estimate of drug-likeness (QED) is 0.557. The first kappa shape index (κ1) is 24.8. The predicted molar refractivity (Wildman–Crippen MR) is 141 cm³/mol. The molecule has 8 heteroatoms. The molecule has 0 fully saturated rings. The van der Waals surface area contributed by atoms with Crippen molar-refractivity contribution in [1.82, 2.24) is 4.57 Å². The van der Waals surface area contributed by atoms with E-state index in [1.54, 1.807) is 18.2 Å². The van der Waals surface area contributed by atoms with Crippen molar-refractivity contribution in [1.29, 1.82) is 10.5 Å². The van der Waals surface area contributed by atoms with Crippen molar-refractivity contribution in [2.24, 2.45) is 5.73 Å². The van der Waals surface area contributed by atoms with Gasteiger partial charge in [-0.15, -0.1) is 11.3 Å². The van der Waals surface area contributed by atoms with Gasteiger partial charge in [-0.3, -0.25) is 9.36 Å². The van der Waals surface area contributed by atoms with Gasteiger partial charge in [0.05, 0.1) is 45.9 Å². The van der Waals surface area contributed by atoms with Crippen LogP contribution in [0.5, 0.6) is 11.5 Å². The minimum atomic E-state index is -0.675. The van der Waals surface area contributed by atoms with E-state index in [1.165, 1.54) is 15.9 Å². The first-order valence-electron chi connectivity index (χ1n) is 11.5. The second kappa shape index (κ2) is 10.2. The Labute approximate surface area is 213 Å². The molecule has 1 aliphatic rings. The van der Waals surface area contributed by atoms with Crippen LogP contribution < -0.4 is 30.0 Å². The van der Waals surface area contributed by atoms with Gasteiger partial charge in [-0.25, -0.2) is 0 Å². The van der Waals surface area contributed by atoms with Crippen LogP contribution in [0.25, 0.3) is 17.5 Å². The van der Waals surface area contributed by atoms with Crippen LogP contribution in [0.2, 0.25) is 0 Å². The normalized spacial score (nSPS) is 15.6. The lowest BCUT2D eigenvalue weighted by Crippen LogP contribution is -2.38. The summed E-state index contributed by atoms with van der Waals surface area (Å²) in [4.78, 5) is 13.3. The Bertz CT molecular complexity index is 1580. The van der Waals surface area contributed by atoms with Gasteiger partial charge in [0.2, 0.25) is 0 Å². The summed E-state index contributed by atoms with van der Waals surface area (Å²) in [5, 5.41) is 20.1. The van der Waals surface area contributed by atoms with Crippen molar-refractivity contribution < 1.29 is 9.47 Å². The second-order valence-corrected chi connectivity index (χ2v) is 9.93. The summed E-state index contributed by atoms with van der Waals surface area (Å²) in [6, 6.07) is 19.0. The summed E-state index contributed by atoms with van der Waals surface area (Å²) in [7, 11) is 0. The molecule has 0 amide bonds. The van der Waals surface area contributed by atoms with Crippen molar-refractivity contribution in [3.05, 3.63) is 84.8 Å². The van der Waals surface area contributed by atoms with Gasteiger partial charge in [0.15, 0.2) is 0 Å². The number of nitrogens with two attached hydrogens (primary N) is 1. The van der Waals surface area contributed by atoms with Gasteiger partial charge in [0, 0.05) is 0 Å². The predicted octanol–water partition coefficient (Wildman–Crippen LogP) is 3.44. The zero-order chi connectivity index (χ0) is 26.0. The highest BCUT2D eigenvalue weighted by Crippen LogP contribution is 2.36. The van der Waals surface area contributed by atoms with Gasteiger partial charge in [0.1, 0.15) is 22.0 Å². The molecular formula is C28H26N4O3S. The van der Waals surface area contributed by atoms with E-state index >= 15 is 0 Å². The summed E-state index contributed by atoms with van der Waals surface area (Å²) < 4.78 is 13.5. The fourth-order valence-corrected chi connectivity index (χ4v) is 5.19. The summed E-state index contributed by atoms with van der Waals surface area (Å²) in [5.74, 6) is 0.795. The van der Waals surface area contributed by atoms with Crippen LogP contribution in [0.4, 0.5) is 0 Å². The van der Waals surface area contributed by atoms with Gasteiger partial charge < -0.3 is 15.2 Å². The highest BCUT2D eigenvalue weighted by molar-refractivity contribution is 7.07. The third-order valence-electron chi connectivity index (χ3n) is 5.52. The number of rotatable bonds is 6. The monoisotopic (exact) mass is 498 g/mol. The lowest BCUT2D eigenvalue weighted by molar-refractivity contribution is 0.242. The van der Waals surface area contributed by atoms with E-state index in [9.17, 15) is 15.3 Å². The number of nitriles is 2. The Morgan fingerprint density at radius 2 is 1.44 bits per heavy atom. The molecule has 2 heterocycles. The zero-order valence-electron chi connectivity index (χ0n) is 20.5. The maximum absolute atomic E-state index is 13.3. The van der Waals surface area contributed by atoms with Crippen LogP contribution in [0.3, 0.4) is 0 Å². The first-order chi connectivity index (χ1) is 17.2. The van der Waals surface area contributed by atoms with Crippen molar-refractivity contribution in [2.45, 2.75) is 45.8 Å². The van der Waals surface area contributed by atoms with E-state index in [-0.39, 0.29) is 29.2 Å². The van der Waals surface area contributed by atoms with E-state index in [1.807, 2.05) is 64.1 Å². The average molecular weight is 499 g/mol. The minimum Gasteiger partial charge on any atom is -0.491 e. The van der Waals surface area contributed by atoms with E-state index in [0.29, 0.717) is 20.5 Å². The molecule has 0 saturated carbocycles. The molecular weight excluding hydrogens is 472 g/mol. The number of allylic oxidation sites excluding steroid dienone is 1. The molecule has 2 N–H and O–H groups in total. The molecule has 4 rings (SSSR count). The number of thiazole rings is 1. The van der Waals surface area contributed by atoms with Crippen LogP contribution in [0, 0.1) is 22.7 Å². The topological polar surface area (TPSA) is 114 Å². The number of fused-ring (bicyclic) bond motifs is 1. The van der Waals surface area contributed by atoms with Gasteiger partial charge in [0.25, 0.3) is 5.56 Å². The molecule has 182 valence electrons. The van der Waals surface area contributed by atoms with E-state index in [4.69, 9.17) is 15.2 Å². The third-order valence-corrected chi connectivity index (χ3v) is 6.63. The highest BCUT2D eigenvalue weighted by atomic mass is 32.1. The molecule has 0 bridgehead atoms. The van der Waals surface area contributed by atoms with Crippen molar-refractivity contribution in [2.75, 3.05) is 0 Å². The number of hydrogen-bond acceptors (Lipinski definition) is 7. The summed E-state index contributed by atoms with van der Waals surface area (Å²) in [6.45, 7) is 7.78. The standard InChI is InChI=1S/C28H26N4O3S/c1-16(2)34-20-9-5-18(6-10-20)13-24-27(33)32-26(31)22(14-29)25(23(15-30)28(32)36-24)19-7-11-21(12-8-19)35-17(3)4/h5-13,16-17,25H,31H2,1-4H3. The van der Waals surface area contributed by atoms with Crippen LogP contribution in [0.15, 0.2) is 58.9 Å². The molecule has 0 aliphatic carbocycles. The molecule has 3 aromatic rings. The van der Waals surface area contributed by atoms with E-state index < -0.39 is 5.92 Å². The van der Waals surface area contributed by atoms with Gasteiger partial charge in [-0.05, 0) is 69.2 Å². The summed E-state index contributed by atoms with van der Waals surface area (Å²) in [5.41, 5.74) is 8.00. The van der Waals surface area contributed by atoms with Crippen LogP contribution in [-0.2, 0) is 0 Å². The van der Waals surface area contributed by atoms with Gasteiger partial charge >= 0.3 is 0 Å². The highest BCUT2D eigenvalue weighted by Gasteiger charge is 2.32. The van der Waals surface area contributed by atoms with Crippen molar-refractivity contribution >= 4 is 28.8 Å². The fraction of sp³-hybridized carbons (Fsp3) is 0.250. The molecule has 2 aromatic carbocycles. The van der Waals surface area contributed by atoms with Gasteiger partial charge in [-0.1, -0.05) is 24.3 Å². The van der Waals surface area contributed by atoms with E-state index in [2.05, 4.69) is 12.1 Å². The fourth-order valence-electron chi connectivity index (χ4n) is 4.06. The average Bonchev–Trinajstić information content (AvgIpc) is 3.16. The summed E-state index contributed by atoms with van der Waals surface area (Å²) in [6.07, 6.45) is 1.83. The Balaban J connectivity index is 1.86. The smallest absolute Gasteiger partial charge is 0.274 e. The van der Waals surface area contributed by atoms with Gasteiger partial charge in [-0.2, -0.15) is 10.5 Å². The minimum absolute atomic E-state index is 0.0196. The molecule has 1 aliphatic heterocycles. The SMILES string of the molecule is CC(C)Oc1ccc(C=c2sc3n(c2=O)C(N)=C(C#N)C(c2ccc(OC(C)C)cc2)C=3C#N)cc1. The van der Waals surface area contributed by atoms with Crippen molar-refractivity contribution in [3.63, 3.8) is 0 Å². The number of ether oxygens (including phenoxy) is 2. The third kappa shape index (κ3) is 4.77. The zero-order valence-corrected chi connectivity index (χ0v) is 21.3.